The molecule has 4 heteroatoms. The maximum atomic E-state index is 9.97. The van der Waals surface area contributed by atoms with Crippen LogP contribution >= 0.6 is 0 Å². The summed E-state index contributed by atoms with van der Waals surface area (Å²) < 4.78 is 3.86. The highest BCUT2D eigenvalue weighted by Crippen LogP contribution is 1.63. The minimum absolute atomic E-state index is 0.555. The quantitative estimate of drug-likeness (QED) is 0.149. The number of carbonyl (C=O) groups excluding carboxylic acids is 1. The molecular formula is C4H2N2O2. The maximum absolute atomic E-state index is 9.97. The summed E-state index contributed by atoms with van der Waals surface area (Å²) in [5.74, 6) is -0.866. The number of hydrogen-bond donors (Lipinski definition) is 0. The molecule has 8 heavy (non-hydrogen) atoms. The van der Waals surface area contributed by atoms with Crippen LogP contribution in [0.1, 0.15) is 0 Å². The Hall–Kier alpha value is -1.59. The summed E-state index contributed by atoms with van der Waals surface area (Å²) in [5, 5.41) is 0. The van der Waals surface area contributed by atoms with Gasteiger partial charge in [-0.2, -0.15) is 4.79 Å². The summed E-state index contributed by atoms with van der Waals surface area (Å²) >= 11 is 0. The van der Waals surface area contributed by atoms with Gasteiger partial charge in [0.1, 0.15) is 6.11 Å². The van der Waals surface area contributed by atoms with Gasteiger partial charge in [0.2, 0.25) is 0 Å². The molecule has 0 spiro atoms. The van der Waals surface area contributed by atoms with Crippen molar-refractivity contribution in [2.75, 3.05) is 0 Å². The van der Waals surface area contributed by atoms with E-state index in [4.69, 9.17) is 5.53 Å². The number of rotatable bonds is 1. The van der Waals surface area contributed by atoms with Gasteiger partial charge in [-0.25, -0.2) is 4.79 Å². The highest BCUT2D eigenvalue weighted by atomic mass is 16.5. The summed E-state index contributed by atoms with van der Waals surface area (Å²) in [6.45, 7) is 0. The molecule has 0 fully saturated rings. The van der Waals surface area contributed by atoms with E-state index in [9.17, 15) is 4.79 Å². The minimum atomic E-state index is -0.866. The molecule has 0 radical (unpaired) electrons. The molecule has 0 amide bonds. The predicted molar refractivity (Wildman–Crippen MR) is 24.6 cm³/mol. The molecule has 0 aromatic carbocycles. The number of ether oxygens (including phenoxy) is 1. The molecule has 0 aliphatic heterocycles. The fourth-order valence-electron chi connectivity index (χ4n) is 0.132. The van der Waals surface area contributed by atoms with Crippen molar-refractivity contribution in [1.29, 1.82) is 0 Å². The van der Waals surface area contributed by atoms with Crippen LogP contribution in [-0.4, -0.2) is 17.0 Å². The van der Waals surface area contributed by atoms with Gasteiger partial charge in [-0.05, 0) is 0 Å². The van der Waals surface area contributed by atoms with Crippen LogP contribution in [0.3, 0.4) is 0 Å². The van der Waals surface area contributed by atoms with Gasteiger partial charge in [0, 0.05) is 0 Å². The lowest BCUT2D eigenvalue weighted by atomic mass is 10.8. The first-order valence-corrected chi connectivity index (χ1v) is 1.65. The Balaban J connectivity index is 3.70. The van der Waals surface area contributed by atoms with E-state index in [1.807, 2.05) is 0 Å². The van der Waals surface area contributed by atoms with Gasteiger partial charge in [0.25, 0.3) is 0 Å². The van der Waals surface area contributed by atoms with E-state index in [0.29, 0.717) is 6.21 Å². The third-order valence-electron chi connectivity index (χ3n) is 0.323. The van der Waals surface area contributed by atoms with Crippen molar-refractivity contribution in [2.24, 2.45) is 0 Å². The lowest BCUT2D eigenvalue weighted by Crippen LogP contribution is -2.00. The third-order valence-corrected chi connectivity index (χ3v) is 0.323. The number of carbonyl (C=O) groups is 1. The number of nitrogens with zero attached hydrogens (tertiary/aromatic N) is 2. The van der Waals surface area contributed by atoms with E-state index in [1.54, 1.807) is 6.11 Å². The Morgan fingerprint density at radius 2 is 2.62 bits per heavy atom. The van der Waals surface area contributed by atoms with Crippen molar-refractivity contribution < 1.29 is 14.3 Å². The van der Waals surface area contributed by atoms with Gasteiger partial charge in [0.15, 0.2) is 0 Å². The molecule has 0 aliphatic carbocycles. The third kappa shape index (κ3) is 2.64. The van der Waals surface area contributed by atoms with Crippen LogP contribution in [0.25, 0.3) is 5.53 Å². The molecule has 4 nitrogen and oxygen atoms in total. The average molecular weight is 110 g/mol. The first-order valence-electron chi connectivity index (χ1n) is 1.65. The van der Waals surface area contributed by atoms with Crippen LogP contribution in [0.15, 0.2) is 0 Å². The molecule has 0 saturated heterocycles. The molecule has 40 valence electrons. The SMILES string of the molecule is C#COC(=O)C=[N+]=[N-]. The molecule has 0 heterocycles. The second-order valence-corrected chi connectivity index (χ2v) is 0.784. The van der Waals surface area contributed by atoms with Crippen LogP contribution in [0.4, 0.5) is 0 Å². The molecule has 0 rings (SSSR count). The molecule has 0 aromatic rings. The van der Waals surface area contributed by atoms with Crippen molar-refractivity contribution >= 4 is 12.2 Å². The molecule has 0 aromatic heterocycles. The van der Waals surface area contributed by atoms with Crippen LogP contribution in [0, 0.1) is 12.5 Å². The highest BCUT2D eigenvalue weighted by Gasteiger charge is 1.97. The van der Waals surface area contributed by atoms with E-state index in [1.165, 1.54) is 0 Å². The second kappa shape index (κ2) is 3.59. The normalized spacial score (nSPS) is 5.88. The zero-order valence-electron chi connectivity index (χ0n) is 3.87. The summed E-state index contributed by atoms with van der Waals surface area (Å²) in [7, 11) is 0. The fraction of sp³-hybridized carbons (Fsp3) is 0. The Morgan fingerprint density at radius 1 is 2.00 bits per heavy atom. The summed E-state index contributed by atoms with van der Waals surface area (Å²) in [6.07, 6.45) is 6.68. The van der Waals surface area contributed by atoms with Gasteiger partial charge in [0.05, 0.1) is 0 Å². The number of esters is 1. The Morgan fingerprint density at radius 3 is 3.00 bits per heavy atom. The van der Waals surface area contributed by atoms with Gasteiger partial charge in [-0.15, -0.1) is 0 Å². The predicted octanol–water partition coefficient (Wildman–Crippen LogP) is -0.579. The van der Waals surface area contributed by atoms with Crippen LogP contribution in [0.2, 0.25) is 0 Å². The van der Waals surface area contributed by atoms with E-state index in [0.717, 1.165) is 0 Å². The van der Waals surface area contributed by atoms with Crippen LogP contribution in [0.5, 0.6) is 0 Å². The standard InChI is InChI=1S/C4H2N2O2/c1-2-8-4(7)3-6-5/h1,3H. The number of terminal acetylenes is 1. The summed E-state index contributed by atoms with van der Waals surface area (Å²) in [6, 6.07) is 0. The molecule has 0 N–H and O–H groups in total. The van der Waals surface area contributed by atoms with Crippen molar-refractivity contribution in [3.63, 3.8) is 0 Å². The van der Waals surface area contributed by atoms with Gasteiger partial charge in [-0.1, -0.05) is 6.42 Å². The monoisotopic (exact) mass is 110 g/mol. The van der Waals surface area contributed by atoms with Crippen molar-refractivity contribution in [3.05, 3.63) is 5.53 Å². The van der Waals surface area contributed by atoms with Gasteiger partial charge >= 0.3 is 12.2 Å². The Kier molecular flexibility index (Phi) is 2.88. The van der Waals surface area contributed by atoms with Crippen LogP contribution < -0.4 is 0 Å². The van der Waals surface area contributed by atoms with E-state index in [2.05, 4.69) is 16.0 Å². The van der Waals surface area contributed by atoms with Gasteiger partial charge in [-0.3, -0.25) is 0 Å². The first kappa shape index (κ1) is 6.41. The summed E-state index contributed by atoms with van der Waals surface area (Å²) in [5.41, 5.74) is 7.66. The largest absolute Gasteiger partial charge is 0.427 e. The van der Waals surface area contributed by atoms with Crippen molar-refractivity contribution in [1.82, 2.24) is 0 Å². The topological polar surface area (TPSA) is 62.7 Å². The smallest absolute Gasteiger partial charge is 0.364 e. The maximum Gasteiger partial charge on any atom is 0.427 e. The molecular weight excluding hydrogens is 108 g/mol. The fourth-order valence-corrected chi connectivity index (χ4v) is 0.132. The lowest BCUT2D eigenvalue weighted by molar-refractivity contribution is -0.132. The Labute approximate surface area is 45.7 Å². The zero-order valence-corrected chi connectivity index (χ0v) is 3.87. The van der Waals surface area contributed by atoms with Gasteiger partial charge < -0.3 is 10.3 Å². The van der Waals surface area contributed by atoms with E-state index < -0.39 is 5.97 Å². The van der Waals surface area contributed by atoms with E-state index >= 15 is 0 Å². The molecule has 0 bridgehead atoms. The first-order chi connectivity index (χ1) is 3.81. The highest BCUT2D eigenvalue weighted by molar-refractivity contribution is 6.20. The van der Waals surface area contributed by atoms with Crippen molar-refractivity contribution in [2.45, 2.75) is 0 Å². The molecule has 0 unspecified atom stereocenters. The molecule has 0 saturated carbocycles. The van der Waals surface area contributed by atoms with E-state index in [-0.39, 0.29) is 0 Å². The minimum Gasteiger partial charge on any atom is -0.364 e. The van der Waals surface area contributed by atoms with Crippen LogP contribution in [-0.2, 0) is 9.53 Å². The lowest BCUT2D eigenvalue weighted by Gasteiger charge is -1.75. The molecule has 0 atom stereocenters. The average Bonchev–Trinajstić information content (AvgIpc) is 1.68. The molecule has 0 aliphatic rings. The number of hydrogen-bond acceptors (Lipinski definition) is 2. The summed E-state index contributed by atoms with van der Waals surface area (Å²) in [4.78, 5) is 12.3. The van der Waals surface area contributed by atoms with Crippen molar-refractivity contribution in [3.8, 4) is 12.5 Å². The Bertz CT molecular complexity index is 173. The zero-order chi connectivity index (χ0) is 6.41. The second-order valence-electron chi connectivity index (χ2n) is 0.784.